The highest BCUT2D eigenvalue weighted by molar-refractivity contribution is 6.31. The molecule has 0 aliphatic heterocycles. The van der Waals surface area contributed by atoms with Gasteiger partial charge in [-0.2, -0.15) is 10.1 Å². The van der Waals surface area contributed by atoms with Crippen molar-refractivity contribution in [2.45, 2.75) is 13.3 Å². The molecule has 0 saturated carbocycles. The number of aromatic nitrogens is 3. The predicted octanol–water partition coefficient (Wildman–Crippen LogP) is 4.71. The van der Waals surface area contributed by atoms with E-state index in [9.17, 15) is 4.39 Å². The quantitative estimate of drug-likeness (QED) is 0.702. The van der Waals surface area contributed by atoms with Crippen molar-refractivity contribution in [1.82, 2.24) is 15.2 Å². The van der Waals surface area contributed by atoms with Crippen LogP contribution in [-0.2, 0) is 6.42 Å². The highest BCUT2D eigenvalue weighted by atomic mass is 35.5. The summed E-state index contributed by atoms with van der Waals surface area (Å²) in [4.78, 5) is 4.33. The number of nitrogens with zero attached hydrogens (tertiary/aromatic N) is 3. The van der Waals surface area contributed by atoms with Gasteiger partial charge in [-0.1, -0.05) is 30.7 Å². The summed E-state index contributed by atoms with van der Waals surface area (Å²) in [6.07, 6.45) is 2.46. The number of nitrogens with one attached hydrogen (secondary N) is 2. The van der Waals surface area contributed by atoms with E-state index < -0.39 is 5.82 Å². The molecule has 0 spiro atoms. The van der Waals surface area contributed by atoms with Gasteiger partial charge in [-0.05, 0) is 42.3 Å². The fourth-order valence-electron chi connectivity index (χ4n) is 2.09. The fraction of sp³-hybridized carbons (Fsp3) is 0.118. The van der Waals surface area contributed by atoms with Gasteiger partial charge >= 0.3 is 0 Å². The van der Waals surface area contributed by atoms with E-state index in [4.69, 9.17) is 11.6 Å². The average molecular weight is 344 g/mol. The molecule has 0 amide bonds. The molecule has 0 unspecified atom stereocenters. The van der Waals surface area contributed by atoms with E-state index in [0.29, 0.717) is 17.5 Å². The summed E-state index contributed by atoms with van der Waals surface area (Å²) in [5.41, 5.74) is 2.74. The molecule has 0 atom stereocenters. The van der Waals surface area contributed by atoms with Crippen LogP contribution >= 0.6 is 11.6 Å². The number of benzene rings is 2. The zero-order chi connectivity index (χ0) is 16.9. The first kappa shape index (κ1) is 16.1. The van der Waals surface area contributed by atoms with Crippen LogP contribution < -0.4 is 10.6 Å². The zero-order valence-electron chi connectivity index (χ0n) is 12.9. The maximum absolute atomic E-state index is 13.2. The molecule has 1 aromatic heterocycles. The second kappa shape index (κ2) is 7.23. The number of hydrogen-bond donors (Lipinski definition) is 2. The van der Waals surface area contributed by atoms with Gasteiger partial charge in [-0.3, -0.25) is 0 Å². The SMILES string of the molecule is CCc1ccc(Nc2nncc(Nc3ccc(F)c(Cl)c3)n2)cc1. The minimum atomic E-state index is -0.471. The van der Waals surface area contributed by atoms with Crippen molar-refractivity contribution in [1.29, 1.82) is 0 Å². The molecule has 0 bridgehead atoms. The Kier molecular flexibility index (Phi) is 4.86. The monoisotopic (exact) mass is 343 g/mol. The van der Waals surface area contributed by atoms with Crippen LogP contribution in [0, 0.1) is 5.82 Å². The van der Waals surface area contributed by atoms with Crippen molar-refractivity contribution in [3.05, 3.63) is 65.1 Å². The van der Waals surface area contributed by atoms with Crippen molar-refractivity contribution in [3.63, 3.8) is 0 Å². The molecule has 2 aromatic carbocycles. The number of rotatable bonds is 5. The Hall–Kier alpha value is -2.73. The summed E-state index contributed by atoms with van der Waals surface area (Å²) >= 11 is 5.77. The van der Waals surface area contributed by atoms with E-state index in [-0.39, 0.29) is 5.02 Å². The van der Waals surface area contributed by atoms with Crippen LogP contribution in [0.1, 0.15) is 12.5 Å². The van der Waals surface area contributed by atoms with E-state index in [1.807, 2.05) is 24.3 Å². The predicted molar refractivity (Wildman–Crippen MR) is 93.6 cm³/mol. The third kappa shape index (κ3) is 3.97. The molecule has 0 fully saturated rings. The molecule has 3 rings (SSSR count). The summed E-state index contributed by atoms with van der Waals surface area (Å²) in [7, 11) is 0. The van der Waals surface area contributed by atoms with Gasteiger partial charge < -0.3 is 10.6 Å². The van der Waals surface area contributed by atoms with Gasteiger partial charge in [0.2, 0.25) is 5.95 Å². The van der Waals surface area contributed by atoms with Gasteiger partial charge in [0.15, 0.2) is 5.82 Å². The van der Waals surface area contributed by atoms with Gasteiger partial charge in [0, 0.05) is 11.4 Å². The van der Waals surface area contributed by atoms with Crippen LogP contribution in [0.2, 0.25) is 5.02 Å². The van der Waals surface area contributed by atoms with E-state index >= 15 is 0 Å². The van der Waals surface area contributed by atoms with Crippen LogP contribution in [0.5, 0.6) is 0 Å². The lowest BCUT2D eigenvalue weighted by molar-refractivity contribution is 0.628. The van der Waals surface area contributed by atoms with E-state index in [1.165, 1.54) is 23.9 Å². The molecule has 0 saturated heterocycles. The average Bonchev–Trinajstić information content (AvgIpc) is 2.59. The number of anilines is 4. The van der Waals surface area contributed by atoms with Crippen LogP contribution in [0.15, 0.2) is 48.7 Å². The van der Waals surface area contributed by atoms with Crippen molar-refractivity contribution < 1.29 is 4.39 Å². The molecule has 7 heteroatoms. The molecular formula is C17H15ClFN5. The van der Waals surface area contributed by atoms with Crippen molar-refractivity contribution in [2.24, 2.45) is 0 Å². The Bertz CT molecular complexity index is 839. The smallest absolute Gasteiger partial charge is 0.249 e. The molecule has 0 aliphatic rings. The van der Waals surface area contributed by atoms with E-state index in [0.717, 1.165) is 12.1 Å². The highest BCUT2D eigenvalue weighted by Gasteiger charge is 2.05. The van der Waals surface area contributed by atoms with Crippen molar-refractivity contribution >= 4 is 34.7 Å². The third-order valence-corrected chi connectivity index (χ3v) is 3.66. The Labute approximate surface area is 143 Å². The third-order valence-electron chi connectivity index (χ3n) is 3.37. The maximum atomic E-state index is 13.2. The lowest BCUT2D eigenvalue weighted by Gasteiger charge is -2.08. The van der Waals surface area contributed by atoms with Crippen LogP contribution in [-0.4, -0.2) is 15.2 Å². The van der Waals surface area contributed by atoms with Gasteiger partial charge in [0.25, 0.3) is 0 Å². The first-order valence-electron chi connectivity index (χ1n) is 7.42. The summed E-state index contributed by atoms with van der Waals surface area (Å²) < 4.78 is 13.2. The fourth-order valence-corrected chi connectivity index (χ4v) is 2.27. The molecule has 0 aliphatic carbocycles. The minimum absolute atomic E-state index is 0.0383. The molecule has 1 heterocycles. The summed E-state index contributed by atoms with van der Waals surface area (Å²) in [6.45, 7) is 2.10. The normalized spacial score (nSPS) is 10.5. The standard InChI is InChI=1S/C17H15ClFN5/c1-2-11-3-5-12(6-4-11)22-17-23-16(10-20-24-17)21-13-7-8-15(19)14(18)9-13/h3-10H,2H2,1H3,(H2,21,22,23,24). The zero-order valence-corrected chi connectivity index (χ0v) is 13.7. The molecule has 0 radical (unpaired) electrons. The number of halogens is 2. The number of aryl methyl sites for hydroxylation is 1. The van der Waals surface area contributed by atoms with Crippen molar-refractivity contribution in [3.8, 4) is 0 Å². The van der Waals surface area contributed by atoms with Crippen LogP contribution in [0.25, 0.3) is 0 Å². The van der Waals surface area contributed by atoms with Crippen molar-refractivity contribution in [2.75, 3.05) is 10.6 Å². The topological polar surface area (TPSA) is 62.7 Å². The lowest BCUT2D eigenvalue weighted by atomic mass is 10.1. The lowest BCUT2D eigenvalue weighted by Crippen LogP contribution is -2.02. The largest absolute Gasteiger partial charge is 0.339 e. The van der Waals surface area contributed by atoms with E-state index in [2.05, 4.69) is 32.7 Å². The summed E-state index contributed by atoms with van der Waals surface area (Å²) in [5.74, 6) is 0.360. The first-order valence-corrected chi connectivity index (χ1v) is 7.79. The molecule has 122 valence electrons. The Morgan fingerprint density at radius 2 is 1.79 bits per heavy atom. The second-order valence-corrected chi connectivity index (χ2v) is 5.50. The van der Waals surface area contributed by atoms with Gasteiger partial charge in [0.1, 0.15) is 5.82 Å². The molecular weight excluding hydrogens is 329 g/mol. The summed E-state index contributed by atoms with van der Waals surface area (Å²) in [6, 6.07) is 12.3. The number of hydrogen-bond acceptors (Lipinski definition) is 5. The van der Waals surface area contributed by atoms with Crippen LogP contribution in [0.4, 0.5) is 27.5 Å². The van der Waals surface area contributed by atoms with Gasteiger partial charge in [-0.15, -0.1) is 5.10 Å². The Morgan fingerprint density at radius 1 is 1.04 bits per heavy atom. The highest BCUT2D eigenvalue weighted by Crippen LogP contribution is 2.22. The molecule has 2 N–H and O–H groups in total. The van der Waals surface area contributed by atoms with Gasteiger partial charge in [0.05, 0.1) is 11.2 Å². The molecule has 24 heavy (non-hydrogen) atoms. The Morgan fingerprint density at radius 3 is 2.50 bits per heavy atom. The molecule has 5 nitrogen and oxygen atoms in total. The summed E-state index contributed by atoms with van der Waals surface area (Å²) in [5, 5.41) is 14.0. The van der Waals surface area contributed by atoms with Gasteiger partial charge in [-0.25, -0.2) is 4.39 Å². The van der Waals surface area contributed by atoms with E-state index in [1.54, 1.807) is 6.07 Å². The maximum Gasteiger partial charge on any atom is 0.249 e. The minimum Gasteiger partial charge on any atom is -0.339 e. The van der Waals surface area contributed by atoms with Crippen LogP contribution in [0.3, 0.4) is 0 Å². The Balaban J connectivity index is 1.74. The first-order chi connectivity index (χ1) is 11.6. The second-order valence-electron chi connectivity index (χ2n) is 5.09. The molecule has 3 aromatic rings.